The summed E-state index contributed by atoms with van der Waals surface area (Å²) in [5, 5.41) is 2.77. The van der Waals surface area contributed by atoms with Gasteiger partial charge >= 0.3 is 5.69 Å². The highest BCUT2D eigenvalue weighted by molar-refractivity contribution is 6.11. The zero-order valence-corrected chi connectivity index (χ0v) is 15.7. The van der Waals surface area contributed by atoms with E-state index < -0.39 is 23.0 Å². The van der Waals surface area contributed by atoms with Gasteiger partial charge in [-0.2, -0.15) is 0 Å². The first kappa shape index (κ1) is 18.4. The minimum atomic E-state index is -0.718. The van der Waals surface area contributed by atoms with Crippen molar-refractivity contribution in [2.45, 2.75) is 6.92 Å². The number of carbonyl (C=O) groups is 1. The molecule has 1 amide bonds. The first-order valence-electron chi connectivity index (χ1n) is 8.83. The maximum atomic E-state index is 13.2. The highest BCUT2D eigenvalue weighted by Gasteiger charge is 2.20. The van der Waals surface area contributed by atoms with Crippen LogP contribution in [0.3, 0.4) is 0 Å². The molecule has 2 aromatic carbocycles. The molecule has 2 N–H and O–H groups in total. The number of halogens is 1. The molecule has 2 aromatic heterocycles. The van der Waals surface area contributed by atoms with Crippen LogP contribution in [-0.2, 0) is 7.05 Å². The second-order valence-electron chi connectivity index (χ2n) is 6.75. The number of aryl methyl sites for hydroxylation is 2. The summed E-state index contributed by atoms with van der Waals surface area (Å²) in [5.41, 5.74) is 0.966. The number of hydrogen-bond donors (Lipinski definition) is 2. The molecule has 0 saturated carbocycles. The molecule has 0 aliphatic carbocycles. The van der Waals surface area contributed by atoms with E-state index in [9.17, 15) is 18.8 Å². The molecular weight excluding hydrogens is 375 g/mol. The molecule has 29 heavy (non-hydrogen) atoms. The van der Waals surface area contributed by atoms with Gasteiger partial charge in [0.1, 0.15) is 11.3 Å². The molecule has 4 rings (SSSR count). The number of fused-ring (bicyclic) bond motifs is 1. The Morgan fingerprint density at radius 3 is 2.52 bits per heavy atom. The van der Waals surface area contributed by atoms with Crippen LogP contribution in [0.2, 0.25) is 0 Å². The SMILES string of the molecule is Cc1cccc(NC(=O)c2cn(C)c3c(=O)n(-c4ccc(F)cc4)c(=O)[nH]c23)c1. The monoisotopic (exact) mass is 392 g/mol. The number of rotatable bonds is 3. The van der Waals surface area contributed by atoms with Gasteiger partial charge in [0.05, 0.1) is 16.8 Å². The topological polar surface area (TPSA) is 88.9 Å². The van der Waals surface area contributed by atoms with Crippen LogP contribution >= 0.6 is 0 Å². The van der Waals surface area contributed by atoms with Crippen molar-refractivity contribution in [2.24, 2.45) is 7.05 Å². The van der Waals surface area contributed by atoms with Gasteiger partial charge in [0.15, 0.2) is 0 Å². The van der Waals surface area contributed by atoms with Crippen molar-refractivity contribution in [1.82, 2.24) is 14.1 Å². The number of benzene rings is 2. The fourth-order valence-electron chi connectivity index (χ4n) is 3.29. The van der Waals surface area contributed by atoms with Gasteiger partial charge in [0.25, 0.3) is 11.5 Å². The Kier molecular flexibility index (Phi) is 4.38. The van der Waals surface area contributed by atoms with Crippen LogP contribution in [-0.4, -0.2) is 20.0 Å². The van der Waals surface area contributed by atoms with Gasteiger partial charge in [-0.15, -0.1) is 0 Å². The van der Waals surface area contributed by atoms with E-state index in [1.165, 1.54) is 22.9 Å². The standard InChI is InChI=1S/C21H17FN4O3/c1-12-4-3-5-14(10-12)23-19(27)16-11-25(2)18-17(16)24-21(29)26(20(18)28)15-8-6-13(22)7-9-15/h3-11H,1-2H3,(H,23,27)(H,24,29). The lowest BCUT2D eigenvalue weighted by molar-refractivity contribution is 0.102. The van der Waals surface area contributed by atoms with Gasteiger partial charge in [-0.1, -0.05) is 12.1 Å². The summed E-state index contributed by atoms with van der Waals surface area (Å²) in [6.45, 7) is 1.91. The van der Waals surface area contributed by atoms with Crippen molar-refractivity contribution in [3.63, 3.8) is 0 Å². The lowest BCUT2D eigenvalue weighted by Gasteiger charge is -2.07. The Balaban J connectivity index is 1.84. The molecule has 0 radical (unpaired) electrons. The zero-order chi connectivity index (χ0) is 20.7. The van der Waals surface area contributed by atoms with Crippen LogP contribution in [0, 0.1) is 12.7 Å². The molecule has 0 bridgehead atoms. The molecule has 8 heteroatoms. The second kappa shape index (κ2) is 6.90. The number of carbonyl (C=O) groups excluding carboxylic acids is 1. The maximum absolute atomic E-state index is 13.2. The Labute approximate surface area is 164 Å². The first-order chi connectivity index (χ1) is 13.8. The molecule has 146 valence electrons. The van der Waals surface area contributed by atoms with E-state index in [0.29, 0.717) is 5.69 Å². The Morgan fingerprint density at radius 2 is 1.83 bits per heavy atom. The smallest absolute Gasteiger partial charge is 0.333 e. The molecular formula is C21H17FN4O3. The molecule has 0 aliphatic heterocycles. The number of anilines is 1. The Bertz CT molecular complexity index is 1360. The van der Waals surface area contributed by atoms with Crippen LogP contribution in [0.4, 0.5) is 10.1 Å². The minimum Gasteiger partial charge on any atom is -0.344 e. The van der Waals surface area contributed by atoms with Crippen molar-refractivity contribution in [3.05, 3.63) is 92.5 Å². The predicted octanol–water partition coefficient (Wildman–Crippen LogP) is 2.72. The molecule has 0 unspecified atom stereocenters. The van der Waals surface area contributed by atoms with Gasteiger partial charge in [-0.05, 0) is 48.9 Å². The maximum Gasteiger partial charge on any atom is 0.333 e. The highest BCUT2D eigenvalue weighted by atomic mass is 19.1. The third-order valence-corrected chi connectivity index (χ3v) is 4.63. The summed E-state index contributed by atoms with van der Waals surface area (Å²) >= 11 is 0. The van der Waals surface area contributed by atoms with Gasteiger partial charge in [-0.3, -0.25) is 9.59 Å². The molecule has 2 heterocycles. The third-order valence-electron chi connectivity index (χ3n) is 4.63. The normalized spacial score (nSPS) is 11.0. The fraction of sp³-hybridized carbons (Fsp3) is 0.0952. The quantitative estimate of drug-likeness (QED) is 0.562. The summed E-state index contributed by atoms with van der Waals surface area (Å²) < 4.78 is 15.6. The number of nitrogens with one attached hydrogen (secondary N) is 2. The Morgan fingerprint density at radius 1 is 1.10 bits per heavy atom. The Hall–Kier alpha value is -3.94. The lowest BCUT2D eigenvalue weighted by atomic mass is 10.2. The third kappa shape index (κ3) is 3.25. The van der Waals surface area contributed by atoms with E-state index in [0.717, 1.165) is 22.3 Å². The van der Waals surface area contributed by atoms with E-state index in [1.807, 2.05) is 25.1 Å². The van der Waals surface area contributed by atoms with Gasteiger partial charge in [-0.25, -0.2) is 13.8 Å². The average Bonchev–Trinajstić information content (AvgIpc) is 3.00. The fourth-order valence-corrected chi connectivity index (χ4v) is 3.29. The average molecular weight is 392 g/mol. The predicted molar refractivity (Wildman–Crippen MR) is 108 cm³/mol. The molecule has 0 atom stereocenters. The van der Waals surface area contributed by atoms with Crippen LogP contribution in [0.25, 0.3) is 16.7 Å². The number of aromatic amines is 1. The molecule has 0 fully saturated rings. The summed E-state index contributed by atoms with van der Waals surface area (Å²) in [6.07, 6.45) is 1.49. The minimum absolute atomic E-state index is 0.144. The van der Waals surface area contributed by atoms with Gasteiger partial charge in [0.2, 0.25) is 0 Å². The van der Waals surface area contributed by atoms with Crippen LogP contribution in [0.1, 0.15) is 15.9 Å². The second-order valence-corrected chi connectivity index (χ2v) is 6.75. The number of hydrogen-bond acceptors (Lipinski definition) is 3. The highest BCUT2D eigenvalue weighted by Crippen LogP contribution is 2.18. The van der Waals surface area contributed by atoms with Crippen molar-refractivity contribution < 1.29 is 9.18 Å². The number of nitrogens with zero attached hydrogens (tertiary/aromatic N) is 2. The number of H-pyrrole nitrogens is 1. The van der Waals surface area contributed by atoms with Crippen LogP contribution < -0.4 is 16.6 Å². The van der Waals surface area contributed by atoms with Crippen molar-refractivity contribution in [1.29, 1.82) is 0 Å². The summed E-state index contributed by atoms with van der Waals surface area (Å²) in [5.74, 6) is -0.927. The van der Waals surface area contributed by atoms with Crippen LogP contribution in [0.5, 0.6) is 0 Å². The molecule has 0 spiro atoms. The van der Waals surface area contributed by atoms with E-state index in [1.54, 1.807) is 13.1 Å². The van der Waals surface area contributed by atoms with E-state index >= 15 is 0 Å². The summed E-state index contributed by atoms with van der Waals surface area (Å²) in [7, 11) is 1.61. The van der Waals surface area contributed by atoms with Crippen molar-refractivity contribution in [3.8, 4) is 5.69 Å². The van der Waals surface area contributed by atoms with Crippen molar-refractivity contribution in [2.75, 3.05) is 5.32 Å². The number of amides is 1. The van der Waals surface area contributed by atoms with Crippen LogP contribution in [0.15, 0.2) is 64.3 Å². The van der Waals surface area contributed by atoms with Gasteiger partial charge in [0, 0.05) is 18.9 Å². The molecule has 0 saturated heterocycles. The van der Waals surface area contributed by atoms with E-state index in [-0.39, 0.29) is 22.3 Å². The largest absolute Gasteiger partial charge is 0.344 e. The van der Waals surface area contributed by atoms with Crippen molar-refractivity contribution >= 4 is 22.6 Å². The lowest BCUT2D eigenvalue weighted by Crippen LogP contribution is -2.34. The van der Waals surface area contributed by atoms with E-state index in [4.69, 9.17) is 0 Å². The van der Waals surface area contributed by atoms with E-state index in [2.05, 4.69) is 10.3 Å². The summed E-state index contributed by atoms with van der Waals surface area (Å²) in [6, 6.07) is 12.3. The summed E-state index contributed by atoms with van der Waals surface area (Å²) in [4.78, 5) is 41.0. The molecule has 4 aromatic rings. The molecule has 0 aliphatic rings. The number of aromatic nitrogens is 3. The molecule has 7 nitrogen and oxygen atoms in total. The first-order valence-corrected chi connectivity index (χ1v) is 8.83. The van der Waals surface area contributed by atoms with Gasteiger partial charge < -0.3 is 14.9 Å². The zero-order valence-electron chi connectivity index (χ0n) is 15.7.